The van der Waals surface area contributed by atoms with Gasteiger partial charge >= 0.3 is 0 Å². The number of fused-ring (bicyclic) bond motifs is 1. The molecule has 0 aliphatic carbocycles. The van der Waals surface area contributed by atoms with Crippen LogP contribution in [0.5, 0.6) is 0 Å². The minimum absolute atomic E-state index is 0.137. The summed E-state index contributed by atoms with van der Waals surface area (Å²) in [6.07, 6.45) is 1.53. The van der Waals surface area contributed by atoms with Crippen molar-refractivity contribution >= 4 is 17.7 Å². The molecule has 7 heteroatoms. The first-order valence-electron chi connectivity index (χ1n) is 8.69. The lowest BCUT2D eigenvalue weighted by molar-refractivity contribution is -0.136. The Kier molecular flexibility index (Phi) is 5.15. The van der Waals surface area contributed by atoms with Crippen LogP contribution in [0, 0.1) is 0 Å². The van der Waals surface area contributed by atoms with Gasteiger partial charge < -0.3 is 16.0 Å². The van der Waals surface area contributed by atoms with Gasteiger partial charge in [0.25, 0.3) is 5.91 Å². The Morgan fingerprint density at radius 3 is 2.88 bits per heavy atom. The minimum Gasteiger partial charge on any atom is -0.328 e. The van der Waals surface area contributed by atoms with Crippen LogP contribution in [-0.2, 0) is 22.7 Å². The van der Waals surface area contributed by atoms with Crippen LogP contribution < -0.4 is 16.4 Å². The van der Waals surface area contributed by atoms with Crippen LogP contribution in [0.1, 0.15) is 47.7 Å². The average molecular weight is 344 g/mol. The average Bonchev–Trinajstić information content (AvgIpc) is 2.89. The van der Waals surface area contributed by atoms with E-state index in [0.717, 1.165) is 24.1 Å². The summed E-state index contributed by atoms with van der Waals surface area (Å²) in [6.45, 7) is 3.85. The van der Waals surface area contributed by atoms with E-state index in [9.17, 15) is 14.4 Å². The van der Waals surface area contributed by atoms with Gasteiger partial charge in [0.2, 0.25) is 11.8 Å². The smallest absolute Gasteiger partial charge is 0.255 e. The monoisotopic (exact) mass is 344 g/mol. The number of nitrogens with one attached hydrogen (secondary N) is 2. The third-order valence-corrected chi connectivity index (χ3v) is 4.77. The van der Waals surface area contributed by atoms with E-state index in [0.29, 0.717) is 25.1 Å². The van der Waals surface area contributed by atoms with Gasteiger partial charge in [0.1, 0.15) is 6.04 Å². The third kappa shape index (κ3) is 3.72. The topological polar surface area (TPSA) is 105 Å². The molecule has 2 heterocycles. The van der Waals surface area contributed by atoms with Crippen molar-refractivity contribution in [3.05, 3.63) is 34.9 Å². The lowest BCUT2D eigenvalue weighted by atomic mass is 10.0. The third-order valence-electron chi connectivity index (χ3n) is 4.77. The second kappa shape index (κ2) is 7.33. The molecule has 0 saturated carbocycles. The summed E-state index contributed by atoms with van der Waals surface area (Å²) in [5.74, 6) is -0.791. The van der Waals surface area contributed by atoms with Crippen LogP contribution >= 0.6 is 0 Å². The highest BCUT2D eigenvalue weighted by Gasteiger charge is 2.39. The second-order valence-electron chi connectivity index (χ2n) is 6.79. The second-order valence-corrected chi connectivity index (χ2v) is 6.79. The van der Waals surface area contributed by atoms with Crippen LogP contribution in [0.4, 0.5) is 0 Å². The van der Waals surface area contributed by atoms with Gasteiger partial charge in [-0.1, -0.05) is 12.1 Å². The molecule has 134 valence electrons. The van der Waals surface area contributed by atoms with Crippen molar-refractivity contribution in [2.75, 3.05) is 6.54 Å². The molecule has 4 N–H and O–H groups in total. The molecule has 1 unspecified atom stereocenters. The van der Waals surface area contributed by atoms with E-state index in [4.69, 9.17) is 5.73 Å². The molecule has 7 nitrogen and oxygen atoms in total. The van der Waals surface area contributed by atoms with Crippen LogP contribution in [0.15, 0.2) is 18.2 Å². The summed E-state index contributed by atoms with van der Waals surface area (Å²) in [6, 6.07) is 5.25. The Labute approximate surface area is 146 Å². The molecule has 2 atom stereocenters. The Hall–Kier alpha value is -2.25. The van der Waals surface area contributed by atoms with E-state index in [1.165, 1.54) is 0 Å². The quantitative estimate of drug-likeness (QED) is 0.508. The number of carbonyl (C=O) groups is 3. The van der Waals surface area contributed by atoms with Gasteiger partial charge in [-0.15, -0.1) is 0 Å². The predicted octanol–water partition coefficient (Wildman–Crippen LogP) is 0.274. The van der Waals surface area contributed by atoms with Crippen LogP contribution in [0.25, 0.3) is 0 Å². The number of hydrogen-bond donors (Lipinski definition) is 3. The van der Waals surface area contributed by atoms with Crippen molar-refractivity contribution < 1.29 is 14.4 Å². The van der Waals surface area contributed by atoms with E-state index in [1.54, 1.807) is 11.0 Å². The summed E-state index contributed by atoms with van der Waals surface area (Å²) in [4.78, 5) is 37.7. The van der Waals surface area contributed by atoms with Crippen LogP contribution in [0.2, 0.25) is 0 Å². The van der Waals surface area contributed by atoms with Crippen LogP contribution in [-0.4, -0.2) is 41.2 Å². The maximum absolute atomic E-state index is 12.7. The Morgan fingerprint density at radius 1 is 1.36 bits per heavy atom. The Balaban J connectivity index is 1.71. The van der Waals surface area contributed by atoms with Crippen molar-refractivity contribution in [3.63, 3.8) is 0 Å². The van der Waals surface area contributed by atoms with E-state index in [-0.39, 0.29) is 30.2 Å². The van der Waals surface area contributed by atoms with Gasteiger partial charge in [0.05, 0.1) is 0 Å². The van der Waals surface area contributed by atoms with Crippen molar-refractivity contribution in [2.45, 2.75) is 51.4 Å². The van der Waals surface area contributed by atoms with Crippen molar-refractivity contribution in [1.29, 1.82) is 0 Å². The van der Waals surface area contributed by atoms with E-state index >= 15 is 0 Å². The van der Waals surface area contributed by atoms with Gasteiger partial charge in [-0.2, -0.15) is 0 Å². The molecular formula is C18H24N4O3. The molecular weight excluding hydrogens is 320 g/mol. The first kappa shape index (κ1) is 17.6. The molecule has 1 saturated heterocycles. The SMILES string of the molecule is C[C@H](N)CCNCc1cccc2c1CN(C1CCC(=O)NC1=O)C2=O. The molecule has 0 radical (unpaired) electrons. The van der Waals surface area contributed by atoms with E-state index < -0.39 is 6.04 Å². The fourth-order valence-corrected chi connectivity index (χ4v) is 3.37. The molecule has 3 rings (SSSR count). The lowest BCUT2D eigenvalue weighted by Gasteiger charge is -2.29. The fourth-order valence-electron chi connectivity index (χ4n) is 3.37. The van der Waals surface area contributed by atoms with Gasteiger partial charge in [-0.05, 0) is 43.5 Å². The number of hydrogen-bond acceptors (Lipinski definition) is 5. The molecule has 1 aromatic carbocycles. The highest BCUT2D eigenvalue weighted by molar-refractivity contribution is 6.05. The van der Waals surface area contributed by atoms with E-state index in [1.807, 2.05) is 19.1 Å². The molecule has 25 heavy (non-hydrogen) atoms. The molecule has 0 bridgehead atoms. The number of rotatable bonds is 6. The van der Waals surface area contributed by atoms with Gasteiger partial charge in [-0.3, -0.25) is 19.7 Å². The number of amides is 3. The highest BCUT2D eigenvalue weighted by Crippen LogP contribution is 2.29. The zero-order chi connectivity index (χ0) is 18.0. The Morgan fingerprint density at radius 2 is 2.16 bits per heavy atom. The molecule has 1 aromatic rings. The van der Waals surface area contributed by atoms with Crippen molar-refractivity contribution in [2.24, 2.45) is 5.73 Å². The predicted molar refractivity (Wildman–Crippen MR) is 92.5 cm³/mol. The standard InChI is InChI=1S/C18H24N4O3/c1-11(19)7-8-20-9-12-3-2-4-13-14(12)10-22(18(13)25)15-5-6-16(23)21-17(15)24/h2-4,11,15,20H,5-10,19H2,1H3,(H,21,23,24)/t11-,15?/m0/s1. The molecule has 1 fully saturated rings. The maximum Gasteiger partial charge on any atom is 0.255 e. The maximum atomic E-state index is 12.7. The van der Waals surface area contributed by atoms with Crippen LogP contribution in [0.3, 0.4) is 0 Å². The molecule has 0 aromatic heterocycles. The highest BCUT2D eigenvalue weighted by atomic mass is 16.2. The number of carbonyl (C=O) groups excluding carboxylic acids is 3. The fraction of sp³-hybridized carbons (Fsp3) is 0.500. The number of benzene rings is 1. The number of nitrogens with zero attached hydrogens (tertiary/aromatic N) is 1. The zero-order valence-electron chi connectivity index (χ0n) is 14.4. The van der Waals surface area contributed by atoms with Gasteiger partial charge in [0.15, 0.2) is 0 Å². The number of piperidine rings is 1. The number of nitrogens with two attached hydrogens (primary N) is 1. The normalized spacial score (nSPS) is 21.3. The van der Waals surface area contributed by atoms with Gasteiger partial charge in [-0.25, -0.2) is 0 Å². The summed E-state index contributed by atoms with van der Waals surface area (Å²) in [5.41, 5.74) is 8.42. The Bertz CT molecular complexity index is 702. The molecule has 2 aliphatic rings. The van der Waals surface area contributed by atoms with E-state index in [2.05, 4.69) is 10.6 Å². The largest absolute Gasteiger partial charge is 0.328 e. The molecule has 0 spiro atoms. The summed E-state index contributed by atoms with van der Waals surface area (Å²) in [7, 11) is 0. The summed E-state index contributed by atoms with van der Waals surface area (Å²) >= 11 is 0. The van der Waals surface area contributed by atoms with Gasteiger partial charge in [0, 0.05) is 31.1 Å². The number of imide groups is 1. The summed E-state index contributed by atoms with van der Waals surface area (Å²) < 4.78 is 0. The van der Waals surface area contributed by atoms with Crippen molar-refractivity contribution in [3.8, 4) is 0 Å². The zero-order valence-corrected chi connectivity index (χ0v) is 14.4. The molecule has 2 aliphatic heterocycles. The molecule has 3 amide bonds. The lowest BCUT2D eigenvalue weighted by Crippen LogP contribution is -2.52. The summed E-state index contributed by atoms with van der Waals surface area (Å²) in [5, 5.41) is 5.68. The first-order valence-corrected chi connectivity index (χ1v) is 8.69. The first-order chi connectivity index (χ1) is 12.0. The van der Waals surface area contributed by atoms with Crippen molar-refractivity contribution in [1.82, 2.24) is 15.5 Å². The minimum atomic E-state index is -0.573.